The highest BCUT2D eigenvalue weighted by Gasteiger charge is 2.77. The molecule has 0 aliphatic carbocycles. The van der Waals surface area contributed by atoms with Gasteiger partial charge in [-0.05, 0) is 30.4 Å². The van der Waals surface area contributed by atoms with Crippen molar-refractivity contribution < 1.29 is 33.8 Å². The fourth-order valence-electron chi connectivity index (χ4n) is 7.17. The number of carbonyl (C=O) groups excluding carboxylic acids is 4. The maximum absolute atomic E-state index is 14.5. The van der Waals surface area contributed by atoms with Crippen LogP contribution in [0, 0.1) is 11.8 Å². The lowest BCUT2D eigenvalue weighted by Crippen LogP contribution is -2.56. The molecular weight excluding hydrogens is 666 g/mol. The van der Waals surface area contributed by atoms with Crippen molar-refractivity contribution in [3.63, 3.8) is 0 Å². The molecule has 7 atom stereocenters. The van der Waals surface area contributed by atoms with Crippen LogP contribution in [0.2, 0.25) is 0 Å². The van der Waals surface area contributed by atoms with E-state index in [1.54, 1.807) is 17.1 Å². The third kappa shape index (κ3) is 7.07. The Morgan fingerprint density at radius 1 is 1.13 bits per heavy atom. The van der Waals surface area contributed by atoms with E-state index in [9.17, 15) is 24.3 Å². The number of hydrogen-bond donors (Lipinski definition) is 2. The molecule has 250 valence electrons. The summed E-state index contributed by atoms with van der Waals surface area (Å²) in [6.07, 6.45) is 3.17. The standard InChI is InChI=1S/C36H42BrN3O7/c1-3-5-17-28(42)38-22-27(25-15-10-7-11-16-25)46-35(45)29-30-33(43)40(19-12-20-41)32(36(30)21-26(37)31(29)47-36)34(44)39(18-4-2)23-24-13-8-6-9-14-24/h3-4,6-11,13-16,26-27,29-32,41H,1-2,5,12,17-23H2,(H,38,42)/t26?,27-,29-,30+,31-,32-,36+/m1/s1. The molecule has 0 aromatic heterocycles. The Labute approximate surface area is 283 Å². The van der Waals surface area contributed by atoms with E-state index >= 15 is 0 Å². The number of amides is 3. The largest absolute Gasteiger partial charge is 0.455 e. The first-order valence-corrected chi connectivity index (χ1v) is 17.0. The van der Waals surface area contributed by atoms with Gasteiger partial charge in [-0.2, -0.15) is 0 Å². The predicted octanol–water partition coefficient (Wildman–Crippen LogP) is 3.70. The monoisotopic (exact) mass is 707 g/mol. The van der Waals surface area contributed by atoms with Crippen LogP contribution in [-0.2, 0) is 35.2 Å². The number of fused-ring (bicyclic) bond motifs is 1. The lowest BCUT2D eigenvalue weighted by Gasteiger charge is -2.37. The first-order chi connectivity index (χ1) is 22.7. The normalized spacial score (nSPS) is 26.4. The number of benzene rings is 2. The van der Waals surface area contributed by atoms with Gasteiger partial charge in [0.2, 0.25) is 17.7 Å². The van der Waals surface area contributed by atoms with E-state index in [0.29, 0.717) is 24.9 Å². The number of aliphatic hydroxyl groups is 1. The van der Waals surface area contributed by atoms with Crippen LogP contribution in [0.25, 0.3) is 0 Å². The summed E-state index contributed by atoms with van der Waals surface area (Å²) in [5.74, 6) is -3.44. The topological polar surface area (TPSA) is 125 Å². The van der Waals surface area contributed by atoms with Gasteiger partial charge in [0, 0.05) is 37.5 Å². The molecule has 2 N–H and O–H groups in total. The Kier molecular flexibility index (Phi) is 11.3. The molecule has 2 aromatic rings. The number of allylic oxidation sites excluding steroid dienone is 1. The molecule has 0 radical (unpaired) electrons. The van der Waals surface area contributed by atoms with Crippen molar-refractivity contribution in [1.29, 1.82) is 0 Å². The van der Waals surface area contributed by atoms with E-state index in [4.69, 9.17) is 9.47 Å². The van der Waals surface area contributed by atoms with E-state index in [2.05, 4.69) is 34.4 Å². The van der Waals surface area contributed by atoms with Crippen molar-refractivity contribution >= 4 is 39.6 Å². The van der Waals surface area contributed by atoms with Crippen LogP contribution in [0.3, 0.4) is 0 Å². The number of ether oxygens (including phenoxy) is 2. The molecule has 47 heavy (non-hydrogen) atoms. The van der Waals surface area contributed by atoms with Gasteiger partial charge in [-0.3, -0.25) is 19.2 Å². The van der Waals surface area contributed by atoms with Gasteiger partial charge < -0.3 is 29.7 Å². The number of likely N-dealkylation sites (tertiary alicyclic amines) is 1. The second-order valence-electron chi connectivity index (χ2n) is 12.2. The summed E-state index contributed by atoms with van der Waals surface area (Å²) in [6, 6.07) is 17.7. The van der Waals surface area contributed by atoms with Gasteiger partial charge in [-0.25, -0.2) is 0 Å². The van der Waals surface area contributed by atoms with E-state index in [1.807, 2.05) is 60.7 Å². The molecule has 3 saturated heterocycles. The summed E-state index contributed by atoms with van der Waals surface area (Å²) in [5.41, 5.74) is 0.335. The minimum Gasteiger partial charge on any atom is -0.455 e. The fraction of sp³-hybridized carbons (Fsp3) is 0.444. The van der Waals surface area contributed by atoms with Crippen LogP contribution < -0.4 is 5.32 Å². The van der Waals surface area contributed by atoms with Crippen LogP contribution >= 0.6 is 15.9 Å². The molecule has 1 unspecified atom stereocenters. The molecule has 5 rings (SSSR count). The summed E-state index contributed by atoms with van der Waals surface area (Å²) in [6.45, 7) is 8.06. The Balaban J connectivity index is 1.45. The van der Waals surface area contributed by atoms with Crippen molar-refractivity contribution in [2.75, 3.05) is 26.2 Å². The van der Waals surface area contributed by atoms with E-state index in [-0.39, 0.29) is 61.6 Å². The Hall–Kier alpha value is -3.80. The fourth-order valence-corrected chi connectivity index (χ4v) is 8.11. The molecule has 3 aliphatic heterocycles. The van der Waals surface area contributed by atoms with Crippen molar-refractivity contribution in [3.8, 4) is 0 Å². The number of aliphatic hydroxyl groups excluding tert-OH is 1. The van der Waals surface area contributed by atoms with Crippen LogP contribution in [0.5, 0.6) is 0 Å². The first kappa shape index (κ1) is 34.5. The highest BCUT2D eigenvalue weighted by atomic mass is 79.9. The molecule has 10 nitrogen and oxygen atoms in total. The van der Waals surface area contributed by atoms with Gasteiger partial charge in [0.05, 0.1) is 24.5 Å². The molecule has 3 amide bonds. The summed E-state index contributed by atoms with van der Waals surface area (Å²) in [5, 5.41) is 12.5. The summed E-state index contributed by atoms with van der Waals surface area (Å²) < 4.78 is 12.7. The van der Waals surface area contributed by atoms with Crippen molar-refractivity contribution in [2.45, 2.75) is 60.9 Å². The molecule has 3 fully saturated rings. The third-order valence-corrected chi connectivity index (χ3v) is 10.1. The molecule has 1 spiro atoms. The number of carbonyl (C=O) groups is 4. The number of rotatable bonds is 16. The lowest BCUT2D eigenvalue weighted by atomic mass is 9.70. The van der Waals surface area contributed by atoms with Crippen molar-refractivity contribution in [2.24, 2.45) is 11.8 Å². The van der Waals surface area contributed by atoms with Gasteiger partial charge >= 0.3 is 5.97 Å². The second kappa shape index (κ2) is 15.4. The number of esters is 1. The smallest absolute Gasteiger partial charge is 0.313 e. The number of alkyl halides is 1. The van der Waals surface area contributed by atoms with Gasteiger partial charge in [-0.1, -0.05) is 88.7 Å². The Morgan fingerprint density at radius 3 is 2.49 bits per heavy atom. The quantitative estimate of drug-likeness (QED) is 0.155. The maximum atomic E-state index is 14.5. The number of nitrogens with zero attached hydrogens (tertiary/aromatic N) is 2. The SMILES string of the molecule is C=CCCC(=O)NC[C@@H](OC(=O)[C@H]1[C@@H]2O[C@@]3(CC2Br)[C@@H]1C(=O)N(CCCO)[C@@H]3C(=O)N(CC=C)Cc1ccccc1)c1ccccc1. The van der Waals surface area contributed by atoms with Crippen LogP contribution in [0.1, 0.15) is 42.9 Å². The molecule has 2 bridgehead atoms. The minimum absolute atomic E-state index is 0.0468. The zero-order valence-electron chi connectivity index (χ0n) is 26.3. The average molecular weight is 709 g/mol. The van der Waals surface area contributed by atoms with E-state index in [0.717, 1.165) is 5.56 Å². The molecule has 0 saturated carbocycles. The molecule has 3 aliphatic rings. The average Bonchev–Trinajstić information content (AvgIpc) is 3.67. The van der Waals surface area contributed by atoms with E-state index < -0.39 is 41.7 Å². The first-order valence-electron chi connectivity index (χ1n) is 16.1. The zero-order chi connectivity index (χ0) is 33.6. The summed E-state index contributed by atoms with van der Waals surface area (Å²) >= 11 is 3.70. The van der Waals surface area contributed by atoms with E-state index in [1.165, 1.54) is 4.90 Å². The van der Waals surface area contributed by atoms with Gasteiger partial charge in [0.15, 0.2) is 0 Å². The Bertz CT molecular complexity index is 1460. The Morgan fingerprint density at radius 2 is 1.83 bits per heavy atom. The summed E-state index contributed by atoms with van der Waals surface area (Å²) in [4.78, 5) is 58.2. The molecule has 11 heteroatoms. The van der Waals surface area contributed by atoms with Gasteiger partial charge in [0.1, 0.15) is 17.7 Å². The van der Waals surface area contributed by atoms with Gasteiger partial charge in [0.25, 0.3) is 0 Å². The highest BCUT2D eigenvalue weighted by molar-refractivity contribution is 9.09. The third-order valence-electron chi connectivity index (χ3n) is 9.22. The summed E-state index contributed by atoms with van der Waals surface area (Å²) in [7, 11) is 0. The maximum Gasteiger partial charge on any atom is 0.313 e. The minimum atomic E-state index is -1.27. The number of nitrogens with one attached hydrogen (secondary N) is 1. The zero-order valence-corrected chi connectivity index (χ0v) is 27.9. The van der Waals surface area contributed by atoms with Gasteiger partial charge in [-0.15, -0.1) is 13.2 Å². The lowest BCUT2D eigenvalue weighted by molar-refractivity contribution is -0.160. The van der Waals surface area contributed by atoms with Crippen LogP contribution in [0.4, 0.5) is 0 Å². The highest BCUT2D eigenvalue weighted by Crippen LogP contribution is 2.60. The molecular formula is C36H42BrN3O7. The molecule has 3 heterocycles. The predicted molar refractivity (Wildman–Crippen MR) is 179 cm³/mol. The van der Waals surface area contributed by atoms with Crippen molar-refractivity contribution in [3.05, 3.63) is 97.1 Å². The number of hydrogen-bond acceptors (Lipinski definition) is 7. The van der Waals surface area contributed by atoms with Crippen LogP contribution in [-0.4, -0.2) is 87.4 Å². The number of halogens is 1. The van der Waals surface area contributed by atoms with Crippen molar-refractivity contribution in [1.82, 2.24) is 15.1 Å². The molecule has 2 aromatic carbocycles. The van der Waals surface area contributed by atoms with Crippen LogP contribution in [0.15, 0.2) is 86.0 Å². The second-order valence-corrected chi connectivity index (χ2v) is 13.4.